The lowest BCUT2D eigenvalue weighted by molar-refractivity contribution is -0.136. The number of hydrogen-bond acceptors (Lipinski definition) is 4. The molecule has 0 aromatic heterocycles. The van der Waals surface area contributed by atoms with Crippen LogP contribution in [0.5, 0.6) is 5.75 Å². The second-order valence-corrected chi connectivity index (χ2v) is 5.60. The molecule has 1 atom stereocenters. The van der Waals surface area contributed by atoms with Gasteiger partial charge in [-0.05, 0) is 38.5 Å². The number of nitrogens with zero attached hydrogens (tertiary/aromatic N) is 1. The predicted molar refractivity (Wildman–Crippen MR) is 90.5 cm³/mol. The van der Waals surface area contributed by atoms with Crippen LogP contribution in [-0.4, -0.2) is 25.2 Å². The molecule has 0 saturated carbocycles. The van der Waals surface area contributed by atoms with E-state index in [9.17, 15) is 10.1 Å². The Balaban J connectivity index is 2.84. The van der Waals surface area contributed by atoms with E-state index in [-0.39, 0.29) is 5.91 Å². The van der Waals surface area contributed by atoms with Gasteiger partial charge in [0.2, 0.25) is 0 Å². The maximum Gasteiger partial charge on any atom is 0.256 e. The van der Waals surface area contributed by atoms with Crippen LogP contribution in [0.1, 0.15) is 52.0 Å². The molecule has 0 saturated heterocycles. The number of amides is 1. The number of carbonyl (C=O) groups excluding carboxylic acids is 1. The Morgan fingerprint density at radius 3 is 2.65 bits per heavy atom. The molecule has 1 N–H and O–H groups in total. The highest BCUT2D eigenvalue weighted by molar-refractivity contribution is 5.97. The van der Waals surface area contributed by atoms with Gasteiger partial charge in [0.1, 0.15) is 17.4 Å². The SMILES string of the molecule is CCCCC[C@@](C)(OC)C(=O)Nc1ccc(OCC)c(C#N)c1. The lowest BCUT2D eigenvalue weighted by atomic mass is 9.97. The minimum Gasteiger partial charge on any atom is -0.492 e. The smallest absolute Gasteiger partial charge is 0.256 e. The van der Waals surface area contributed by atoms with E-state index >= 15 is 0 Å². The van der Waals surface area contributed by atoms with Gasteiger partial charge in [-0.25, -0.2) is 0 Å². The van der Waals surface area contributed by atoms with E-state index in [1.807, 2.05) is 6.92 Å². The Morgan fingerprint density at radius 2 is 2.09 bits per heavy atom. The summed E-state index contributed by atoms with van der Waals surface area (Å²) in [7, 11) is 1.55. The van der Waals surface area contributed by atoms with Gasteiger partial charge in [0.05, 0.1) is 12.2 Å². The Labute approximate surface area is 138 Å². The number of benzene rings is 1. The third-order valence-electron chi connectivity index (χ3n) is 3.85. The molecule has 0 aliphatic rings. The van der Waals surface area contributed by atoms with Crippen LogP contribution in [0, 0.1) is 11.3 Å². The minimum atomic E-state index is -0.874. The molecule has 0 bridgehead atoms. The second kappa shape index (κ2) is 9.16. The van der Waals surface area contributed by atoms with Crippen molar-refractivity contribution >= 4 is 11.6 Å². The zero-order chi connectivity index (χ0) is 17.3. The number of methoxy groups -OCH3 is 1. The summed E-state index contributed by atoms with van der Waals surface area (Å²) in [5.74, 6) is 0.314. The molecule has 1 aromatic carbocycles. The highest BCUT2D eigenvalue weighted by Crippen LogP contribution is 2.25. The third kappa shape index (κ3) is 5.26. The first-order valence-electron chi connectivity index (χ1n) is 8.04. The Hall–Kier alpha value is -2.06. The number of carbonyl (C=O) groups is 1. The summed E-state index contributed by atoms with van der Waals surface area (Å²) >= 11 is 0. The summed E-state index contributed by atoms with van der Waals surface area (Å²) in [6.07, 6.45) is 3.74. The average Bonchev–Trinajstić information content (AvgIpc) is 2.56. The summed E-state index contributed by atoms with van der Waals surface area (Å²) in [5.41, 5.74) is 0.0872. The second-order valence-electron chi connectivity index (χ2n) is 5.60. The van der Waals surface area contributed by atoms with Gasteiger partial charge in [-0.15, -0.1) is 0 Å². The van der Waals surface area contributed by atoms with Crippen LogP contribution in [-0.2, 0) is 9.53 Å². The van der Waals surface area contributed by atoms with Gasteiger partial charge in [0, 0.05) is 12.8 Å². The fourth-order valence-corrected chi connectivity index (χ4v) is 2.26. The maximum atomic E-state index is 12.5. The largest absolute Gasteiger partial charge is 0.492 e. The van der Waals surface area contributed by atoms with Crippen molar-refractivity contribution in [2.75, 3.05) is 19.0 Å². The molecular formula is C18H26N2O3. The third-order valence-corrected chi connectivity index (χ3v) is 3.85. The molecule has 1 rings (SSSR count). The number of anilines is 1. The molecule has 0 heterocycles. The van der Waals surface area contributed by atoms with Gasteiger partial charge in [0.15, 0.2) is 0 Å². The van der Waals surface area contributed by atoms with Crippen molar-refractivity contribution in [2.24, 2.45) is 0 Å². The quantitative estimate of drug-likeness (QED) is 0.701. The molecule has 1 amide bonds. The molecule has 0 unspecified atom stereocenters. The van der Waals surface area contributed by atoms with Crippen molar-refractivity contribution in [3.63, 3.8) is 0 Å². The molecule has 0 aliphatic carbocycles. The molecular weight excluding hydrogens is 292 g/mol. The van der Waals surface area contributed by atoms with Crippen molar-refractivity contribution in [1.82, 2.24) is 0 Å². The van der Waals surface area contributed by atoms with Crippen molar-refractivity contribution in [1.29, 1.82) is 5.26 Å². The van der Waals surface area contributed by atoms with Crippen LogP contribution in [0.15, 0.2) is 18.2 Å². The van der Waals surface area contributed by atoms with E-state index in [1.54, 1.807) is 32.2 Å². The molecule has 1 aromatic rings. The van der Waals surface area contributed by atoms with E-state index in [0.29, 0.717) is 30.0 Å². The average molecular weight is 318 g/mol. The molecule has 23 heavy (non-hydrogen) atoms. The van der Waals surface area contributed by atoms with Crippen LogP contribution >= 0.6 is 0 Å². The first-order valence-corrected chi connectivity index (χ1v) is 8.04. The van der Waals surface area contributed by atoms with Gasteiger partial charge >= 0.3 is 0 Å². The van der Waals surface area contributed by atoms with E-state index in [1.165, 1.54) is 0 Å². The van der Waals surface area contributed by atoms with Crippen molar-refractivity contribution in [3.8, 4) is 11.8 Å². The molecule has 0 radical (unpaired) electrons. The van der Waals surface area contributed by atoms with Crippen molar-refractivity contribution < 1.29 is 14.3 Å². The fourth-order valence-electron chi connectivity index (χ4n) is 2.26. The summed E-state index contributed by atoms with van der Waals surface area (Å²) in [6.45, 7) is 6.25. The fraction of sp³-hybridized carbons (Fsp3) is 0.556. The Kier molecular flexibility index (Phi) is 7.56. The number of unbranched alkanes of at least 4 members (excludes halogenated alkanes) is 2. The van der Waals surface area contributed by atoms with Gasteiger partial charge in [0.25, 0.3) is 5.91 Å². The molecule has 0 aliphatic heterocycles. The van der Waals surface area contributed by atoms with Crippen molar-refractivity contribution in [3.05, 3.63) is 23.8 Å². The standard InChI is InChI=1S/C18H26N2O3/c1-5-7-8-11-18(3,22-4)17(21)20-15-9-10-16(23-6-2)14(12-15)13-19/h9-10,12H,5-8,11H2,1-4H3,(H,20,21)/t18-/m1/s1. The van der Waals surface area contributed by atoms with Crippen LogP contribution in [0.3, 0.4) is 0 Å². The van der Waals surface area contributed by atoms with Gasteiger partial charge in [-0.2, -0.15) is 5.26 Å². The van der Waals surface area contributed by atoms with Gasteiger partial charge in [-0.1, -0.05) is 26.2 Å². The topological polar surface area (TPSA) is 71.3 Å². The van der Waals surface area contributed by atoms with E-state index in [4.69, 9.17) is 9.47 Å². The maximum absolute atomic E-state index is 12.5. The van der Waals surface area contributed by atoms with E-state index in [2.05, 4.69) is 18.3 Å². The van der Waals surface area contributed by atoms with Gasteiger partial charge in [-0.3, -0.25) is 4.79 Å². The number of rotatable bonds is 9. The molecule has 5 nitrogen and oxygen atoms in total. The molecule has 0 fully saturated rings. The lowest BCUT2D eigenvalue weighted by Crippen LogP contribution is -2.41. The van der Waals surface area contributed by atoms with Crippen LogP contribution in [0.25, 0.3) is 0 Å². The molecule has 5 heteroatoms. The highest BCUT2D eigenvalue weighted by Gasteiger charge is 2.32. The number of nitriles is 1. The summed E-state index contributed by atoms with van der Waals surface area (Å²) in [5, 5.41) is 12.0. The summed E-state index contributed by atoms with van der Waals surface area (Å²) in [6, 6.07) is 7.12. The first kappa shape index (κ1) is 19.0. The predicted octanol–water partition coefficient (Wildman–Crippen LogP) is 3.88. The van der Waals surface area contributed by atoms with Crippen LogP contribution in [0.4, 0.5) is 5.69 Å². The van der Waals surface area contributed by atoms with Gasteiger partial charge < -0.3 is 14.8 Å². The zero-order valence-electron chi connectivity index (χ0n) is 14.4. The van der Waals surface area contributed by atoms with Crippen LogP contribution < -0.4 is 10.1 Å². The first-order chi connectivity index (χ1) is 11.0. The summed E-state index contributed by atoms with van der Waals surface area (Å²) in [4.78, 5) is 12.5. The minimum absolute atomic E-state index is 0.204. The number of hydrogen-bond donors (Lipinski definition) is 1. The lowest BCUT2D eigenvalue weighted by Gasteiger charge is -2.27. The van der Waals surface area contributed by atoms with Crippen molar-refractivity contribution in [2.45, 2.75) is 52.1 Å². The molecule has 126 valence electrons. The monoisotopic (exact) mass is 318 g/mol. The van der Waals surface area contributed by atoms with E-state index < -0.39 is 5.60 Å². The Morgan fingerprint density at radius 1 is 1.35 bits per heavy atom. The van der Waals surface area contributed by atoms with Crippen LogP contribution in [0.2, 0.25) is 0 Å². The van der Waals surface area contributed by atoms with E-state index in [0.717, 1.165) is 19.3 Å². The zero-order valence-corrected chi connectivity index (χ0v) is 14.4. The Bertz CT molecular complexity index is 566. The summed E-state index contributed by atoms with van der Waals surface area (Å²) < 4.78 is 10.8. The number of ether oxygens (including phenoxy) is 2. The molecule has 0 spiro atoms. The normalized spacial score (nSPS) is 13.0. The number of nitrogens with one attached hydrogen (secondary N) is 1. The highest BCUT2D eigenvalue weighted by atomic mass is 16.5.